The van der Waals surface area contributed by atoms with Gasteiger partial charge in [0.2, 0.25) is 0 Å². The molecule has 0 aliphatic rings. The molecule has 0 aliphatic carbocycles. The van der Waals surface area contributed by atoms with E-state index >= 15 is 0 Å². The first-order valence-electron chi connectivity index (χ1n) is 5.38. The van der Waals surface area contributed by atoms with E-state index in [1.807, 2.05) is 24.3 Å². The molecule has 0 aromatic heterocycles. The first-order chi connectivity index (χ1) is 8.26. The topological polar surface area (TPSA) is 35.2 Å². The summed E-state index contributed by atoms with van der Waals surface area (Å²) in [6.45, 7) is 0.367. The van der Waals surface area contributed by atoms with Crippen LogP contribution in [0.4, 0.5) is 4.39 Å². The number of nitrogens with two attached hydrogens (primary N) is 1. The highest BCUT2D eigenvalue weighted by molar-refractivity contribution is 5.66. The van der Waals surface area contributed by atoms with Crippen molar-refractivity contribution in [1.82, 2.24) is 0 Å². The minimum atomic E-state index is -0.236. The maximum Gasteiger partial charge on any atom is 0.131 e. The summed E-state index contributed by atoms with van der Waals surface area (Å²) < 4.78 is 18.8. The zero-order valence-corrected chi connectivity index (χ0v) is 9.61. The van der Waals surface area contributed by atoms with Crippen LogP contribution in [0.3, 0.4) is 0 Å². The Hall–Kier alpha value is -1.87. The Balaban J connectivity index is 2.50. The van der Waals surface area contributed by atoms with Gasteiger partial charge < -0.3 is 10.5 Å². The van der Waals surface area contributed by atoms with E-state index in [9.17, 15) is 4.39 Å². The summed E-state index contributed by atoms with van der Waals surface area (Å²) in [6, 6.07) is 12.2. The summed E-state index contributed by atoms with van der Waals surface area (Å²) in [5.74, 6) is 0.494. The number of hydrogen-bond acceptors (Lipinski definition) is 2. The summed E-state index contributed by atoms with van der Waals surface area (Å²) in [5.41, 5.74) is 7.89. The van der Waals surface area contributed by atoms with Crippen LogP contribution in [0.2, 0.25) is 0 Å². The zero-order valence-electron chi connectivity index (χ0n) is 9.61. The van der Waals surface area contributed by atoms with Crippen molar-refractivity contribution in [2.75, 3.05) is 7.11 Å². The predicted molar refractivity (Wildman–Crippen MR) is 66.3 cm³/mol. The third-order valence-corrected chi connectivity index (χ3v) is 2.69. The highest BCUT2D eigenvalue weighted by Gasteiger charge is 2.07. The second-order valence-corrected chi connectivity index (χ2v) is 3.71. The van der Waals surface area contributed by atoms with Gasteiger partial charge in [0, 0.05) is 17.7 Å². The van der Waals surface area contributed by atoms with E-state index in [2.05, 4.69) is 0 Å². The van der Waals surface area contributed by atoms with Crippen LogP contribution in [0, 0.1) is 5.82 Å². The molecule has 0 atom stereocenters. The van der Waals surface area contributed by atoms with E-state index in [-0.39, 0.29) is 5.82 Å². The molecular weight excluding hydrogens is 217 g/mol. The smallest absolute Gasteiger partial charge is 0.131 e. The Labute approximate surface area is 99.8 Å². The van der Waals surface area contributed by atoms with Gasteiger partial charge in [-0.3, -0.25) is 0 Å². The maximum absolute atomic E-state index is 13.6. The van der Waals surface area contributed by atoms with E-state index in [4.69, 9.17) is 10.5 Å². The quantitative estimate of drug-likeness (QED) is 0.881. The van der Waals surface area contributed by atoms with Gasteiger partial charge in [0.05, 0.1) is 7.11 Å². The van der Waals surface area contributed by atoms with Gasteiger partial charge in [0.1, 0.15) is 11.6 Å². The fourth-order valence-corrected chi connectivity index (χ4v) is 1.80. The molecule has 0 amide bonds. The van der Waals surface area contributed by atoms with Gasteiger partial charge in [-0.05, 0) is 23.8 Å². The molecule has 2 aromatic carbocycles. The van der Waals surface area contributed by atoms with Crippen LogP contribution in [0.25, 0.3) is 11.1 Å². The molecule has 0 bridgehead atoms. The highest BCUT2D eigenvalue weighted by Crippen LogP contribution is 2.27. The summed E-state index contributed by atoms with van der Waals surface area (Å²) in [4.78, 5) is 0. The molecule has 0 heterocycles. The van der Waals surface area contributed by atoms with Crippen molar-refractivity contribution < 1.29 is 9.13 Å². The van der Waals surface area contributed by atoms with Gasteiger partial charge in [0.25, 0.3) is 0 Å². The van der Waals surface area contributed by atoms with Gasteiger partial charge in [-0.1, -0.05) is 24.3 Å². The normalized spacial score (nSPS) is 10.3. The van der Waals surface area contributed by atoms with Crippen LogP contribution in [-0.2, 0) is 6.54 Å². The Morgan fingerprint density at radius 2 is 1.94 bits per heavy atom. The van der Waals surface area contributed by atoms with Gasteiger partial charge in [-0.15, -0.1) is 0 Å². The number of methoxy groups -OCH3 is 1. The number of rotatable bonds is 3. The minimum absolute atomic E-state index is 0.236. The summed E-state index contributed by atoms with van der Waals surface area (Å²) >= 11 is 0. The van der Waals surface area contributed by atoms with Crippen molar-refractivity contribution in [3.05, 3.63) is 53.8 Å². The first-order valence-corrected chi connectivity index (χ1v) is 5.38. The average molecular weight is 231 g/mol. The molecule has 2 nitrogen and oxygen atoms in total. The molecule has 2 N–H and O–H groups in total. The standard InChI is InChI=1S/C14H14FNO/c1-17-14-7-6-10(8-11(14)9-16)12-4-2-3-5-13(12)15/h2-8H,9,16H2,1H3. The van der Waals surface area contributed by atoms with Crippen LogP contribution in [-0.4, -0.2) is 7.11 Å². The monoisotopic (exact) mass is 231 g/mol. The zero-order chi connectivity index (χ0) is 12.3. The van der Waals surface area contributed by atoms with E-state index in [1.54, 1.807) is 19.2 Å². The second-order valence-electron chi connectivity index (χ2n) is 3.71. The van der Waals surface area contributed by atoms with E-state index < -0.39 is 0 Å². The molecule has 3 heteroatoms. The van der Waals surface area contributed by atoms with Crippen LogP contribution in [0.5, 0.6) is 5.75 Å². The largest absolute Gasteiger partial charge is 0.496 e. The Bertz CT molecular complexity index is 525. The van der Waals surface area contributed by atoms with Gasteiger partial charge in [-0.2, -0.15) is 0 Å². The number of benzene rings is 2. The summed E-state index contributed by atoms with van der Waals surface area (Å²) in [5, 5.41) is 0. The lowest BCUT2D eigenvalue weighted by molar-refractivity contribution is 0.410. The molecule has 0 unspecified atom stereocenters. The number of hydrogen-bond donors (Lipinski definition) is 1. The van der Waals surface area contributed by atoms with Gasteiger partial charge in [-0.25, -0.2) is 4.39 Å². The van der Waals surface area contributed by atoms with Crippen molar-refractivity contribution in [2.45, 2.75) is 6.54 Å². The number of ether oxygens (including phenoxy) is 1. The molecule has 88 valence electrons. The summed E-state index contributed by atoms with van der Waals surface area (Å²) in [7, 11) is 1.59. The molecule has 0 saturated carbocycles. The van der Waals surface area contributed by atoms with Crippen LogP contribution in [0.1, 0.15) is 5.56 Å². The molecule has 2 rings (SSSR count). The SMILES string of the molecule is COc1ccc(-c2ccccc2F)cc1CN. The molecule has 0 fully saturated rings. The molecule has 0 radical (unpaired) electrons. The summed E-state index contributed by atoms with van der Waals surface area (Å²) in [6.07, 6.45) is 0. The molecule has 0 saturated heterocycles. The molecular formula is C14H14FNO. The molecule has 2 aromatic rings. The maximum atomic E-state index is 13.6. The van der Waals surface area contributed by atoms with Crippen molar-refractivity contribution >= 4 is 0 Å². The minimum Gasteiger partial charge on any atom is -0.496 e. The lowest BCUT2D eigenvalue weighted by atomic mass is 10.0. The van der Waals surface area contributed by atoms with E-state index in [0.717, 1.165) is 16.9 Å². The van der Waals surface area contributed by atoms with E-state index in [1.165, 1.54) is 6.07 Å². The Morgan fingerprint density at radius 1 is 1.18 bits per heavy atom. The fraction of sp³-hybridized carbons (Fsp3) is 0.143. The van der Waals surface area contributed by atoms with Gasteiger partial charge >= 0.3 is 0 Å². The molecule has 0 spiro atoms. The van der Waals surface area contributed by atoms with Crippen LogP contribution < -0.4 is 10.5 Å². The third kappa shape index (κ3) is 2.29. The van der Waals surface area contributed by atoms with Crippen molar-refractivity contribution in [2.24, 2.45) is 5.73 Å². The Kier molecular flexibility index (Phi) is 3.40. The fourth-order valence-electron chi connectivity index (χ4n) is 1.80. The van der Waals surface area contributed by atoms with Crippen molar-refractivity contribution in [3.8, 4) is 16.9 Å². The van der Waals surface area contributed by atoms with Crippen LogP contribution >= 0.6 is 0 Å². The molecule has 17 heavy (non-hydrogen) atoms. The first kappa shape index (κ1) is 11.6. The molecule has 0 aliphatic heterocycles. The lowest BCUT2D eigenvalue weighted by Crippen LogP contribution is -2.00. The average Bonchev–Trinajstić information content (AvgIpc) is 2.38. The predicted octanol–water partition coefficient (Wildman–Crippen LogP) is 2.96. The van der Waals surface area contributed by atoms with Crippen molar-refractivity contribution in [1.29, 1.82) is 0 Å². The number of halogens is 1. The van der Waals surface area contributed by atoms with Gasteiger partial charge in [0.15, 0.2) is 0 Å². The Morgan fingerprint density at radius 3 is 2.59 bits per heavy atom. The van der Waals surface area contributed by atoms with E-state index in [0.29, 0.717) is 12.1 Å². The van der Waals surface area contributed by atoms with Crippen LogP contribution in [0.15, 0.2) is 42.5 Å². The highest BCUT2D eigenvalue weighted by atomic mass is 19.1. The van der Waals surface area contributed by atoms with Crippen molar-refractivity contribution in [3.63, 3.8) is 0 Å². The second kappa shape index (κ2) is 4.97. The lowest BCUT2D eigenvalue weighted by Gasteiger charge is -2.09. The third-order valence-electron chi connectivity index (χ3n) is 2.69.